The van der Waals surface area contributed by atoms with Gasteiger partial charge >= 0.3 is 0 Å². The monoisotopic (exact) mass is 383 g/mol. The van der Waals surface area contributed by atoms with Gasteiger partial charge in [-0.2, -0.15) is 0 Å². The molecule has 3 heteroatoms. The molecule has 27 heavy (non-hydrogen) atoms. The first kappa shape index (κ1) is 22.8. The molecule has 0 amide bonds. The highest BCUT2D eigenvalue weighted by molar-refractivity contribution is 6.30. The van der Waals surface area contributed by atoms with Gasteiger partial charge in [-0.3, -0.25) is 0 Å². The quantitative estimate of drug-likeness (QED) is 0.513. The maximum atomic E-state index is 6.35. The van der Waals surface area contributed by atoms with Crippen LogP contribution in [0.3, 0.4) is 0 Å². The molecule has 3 aromatic carbocycles. The van der Waals surface area contributed by atoms with Crippen LogP contribution in [-0.4, -0.2) is 0 Å². The van der Waals surface area contributed by atoms with Crippen molar-refractivity contribution in [3.05, 3.63) is 101 Å². The summed E-state index contributed by atoms with van der Waals surface area (Å²) in [4.78, 5) is 0. The van der Waals surface area contributed by atoms with Crippen molar-refractivity contribution >= 4 is 11.6 Å². The van der Waals surface area contributed by atoms with E-state index in [1.54, 1.807) is 0 Å². The molecule has 1 unspecified atom stereocenters. The van der Waals surface area contributed by atoms with E-state index in [1.165, 1.54) is 0 Å². The summed E-state index contributed by atoms with van der Waals surface area (Å²) < 4.78 is 5.86. The summed E-state index contributed by atoms with van der Waals surface area (Å²) in [6.07, 6.45) is 0. The third kappa shape index (κ3) is 7.46. The summed E-state index contributed by atoms with van der Waals surface area (Å²) >= 11 is 6.04. The highest BCUT2D eigenvalue weighted by Gasteiger charge is 2.10. The van der Waals surface area contributed by atoms with Crippen molar-refractivity contribution in [3.8, 4) is 5.75 Å². The van der Waals surface area contributed by atoms with E-state index in [-0.39, 0.29) is 6.04 Å². The summed E-state index contributed by atoms with van der Waals surface area (Å²) in [5.41, 5.74) is 9.47. The molecule has 0 fully saturated rings. The van der Waals surface area contributed by atoms with Gasteiger partial charge in [0.15, 0.2) is 0 Å². The molecule has 0 aliphatic carbocycles. The lowest BCUT2D eigenvalue weighted by molar-refractivity contribution is 0.306. The fourth-order valence-electron chi connectivity index (χ4n) is 2.43. The minimum absolute atomic E-state index is 0.228. The fraction of sp³-hybridized carbons (Fsp3) is 0.250. The second-order valence-corrected chi connectivity index (χ2v) is 5.82. The molecule has 0 saturated heterocycles. The first-order valence-electron chi connectivity index (χ1n) is 9.50. The molecule has 0 aromatic heterocycles. The molecule has 0 heterocycles. The van der Waals surface area contributed by atoms with Crippen LogP contribution in [0, 0.1) is 0 Å². The standard InChI is InChI=1S/C20H18ClNO.2C2H6/c21-18-10-4-8-16(12-18)20(22)17-9-5-11-19(13-17)23-14-15-6-2-1-3-7-15;2*1-2/h1-13,20H,14,22H2;2*1-2H3. The van der Waals surface area contributed by atoms with Crippen LogP contribution in [0.2, 0.25) is 5.02 Å². The highest BCUT2D eigenvalue weighted by atomic mass is 35.5. The molecule has 2 N–H and O–H groups in total. The van der Waals surface area contributed by atoms with E-state index in [0.29, 0.717) is 11.6 Å². The van der Waals surface area contributed by atoms with Gasteiger partial charge < -0.3 is 10.5 Å². The van der Waals surface area contributed by atoms with Crippen LogP contribution >= 0.6 is 11.6 Å². The normalized spacial score (nSPS) is 10.6. The zero-order valence-corrected chi connectivity index (χ0v) is 17.4. The van der Waals surface area contributed by atoms with E-state index in [2.05, 4.69) is 0 Å². The summed E-state index contributed by atoms with van der Waals surface area (Å²) in [6, 6.07) is 25.4. The van der Waals surface area contributed by atoms with Gasteiger partial charge in [0.05, 0.1) is 6.04 Å². The van der Waals surface area contributed by atoms with Crippen molar-refractivity contribution in [1.29, 1.82) is 0 Å². The molecular weight excluding hydrogens is 354 g/mol. The smallest absolute Gasteiger partial charge is 0.120 e. The molecular formula is C24H30ClNO. The van der Waals surface area contributed by atoms with Crippen molar-refractivity contribution in [3.63, 3.8) is 0 Å². The Labute approximate surface area is 169 Å². The van der Waals surface area contributed by atoms with Crippen LogP contribution in [0.25, 0.3) is 0 Å². The first-order chi connectivity index (χ1) is 13.2. The van der Waals surface area contributed by atoms with Crippen LogP contribution in [-0.2, 0) is 6.61 Å². The van der Waals surface area contributed by atoms with Crippen LogP contribution in [0.4, 0.5) is 0 Å². The number of hydrogen-bond donors (Lipinski definition) is 1. The number of hydrogen-bond acceptors (Lipinski definition) is 2. The van der Waals surface area contributed by atoms with Crippen molar-refractivity contribution in [2.75, 3.05) is 0 Å². The van der Waals surface area contributed by atoms with Gasteiger partial charge in [0.1, 0.15) is 12.4 Å². The lowest BCUT2D eigenvalue weighted by Gasteiger charge is -2.14. The lowest BCUT2D eigenvalue weighted by atomic mass is 9.99. The molecule has 0 saturated carbocycles. The molecule has 0 spiro atoms. The lowest BCUT2D eigenvalue weighted by Crippen LogP contribution is -2.11. The van der Waals surface area contributed by atoms with E-state index in [9.17, 15) is 0 Å². The van der Waals surface area contributed by atoms with E-state index in [4.69, 9.17) is 22.1 Å². The number of ether oxygens (including phenoxy) is 1. The average Bonchev–Trinajstić information content (AvgIpc) is 2.75. The Morgan fingerprint density at radius 2 is 1.37 bits per heavy atom. The largest absolute Gasteiger partial charge is 0.489 e. The first-order valence-corrected chi connectivity index (χ1v) is 9.88. The number of rotatable bonds is 5. The van der Waals surface area contributed by atoms with Gasteiger partial charge in [-0.15, -0.1) is 0 Å². The third-order valence-electron chi connectivity index (χ3n) is 3.67. The minimum Gasteiger partial charge on any atom is -0.489 e. The van der Waals surface area contributed by atoms with Crippen molar-refractivity contribution in [2.45, 2.75) is 40.3 Å². The maximum Gasteiger partial charge on any atom is 0.120 e. The van der Waals surface area contributed by atoms with Gasteiger partial charge in [-0.05, 0) is 41.0 Å². The van der Waals surface area contributed by atoms with Gasteiger partial charge in [-0.25, -0.2) is 0 Å². The predicted molar refractivity (Wildman–Crippen MR) is 117 cm³/mol. The topological polar surface area (TPSA) is 35.2 Å². The van der Waals surface area contributed by atoms with Crippen molar-refractivity contribution < 1.29 is 4.74 Å². The summed E-state index contributed by atoms with van der Waals surface area (Å²) in [5, 5.41) is 0.689. The van der Waals surface area contributed by atoms with Gasteiger partial charge in [0, 0.05) is 5.02 Å². The zero-order chi connectivity index (χ0) is 20.1. The van der Waals surface area contributed by atoms with Gasteiger partial charge in [-0.1, -0.05) is 93.9 Å². The number of nitrogens with two attached hydrogens (primary N) is 1. The Balaban J connectivity index is 0.000000855. The highest BCUT2D eigenvalue weighted by Crippen LogP contribution is 2.25. The summed E-state index contributed by atoms with van der Waals surface area (Å²) in [5.74, 6) is 0.809. The molecule has 0 radical (unpaired) electrons. The Morgan fingerprint density at radius 1 is 0.778 bits per heavy atom. The Hall–Kier alpha value is -2.29. The van der Waals surface area contributed by atoms with Crippen LogP contribution in [0.15, 0.2) is 78.9 Å². The number of benzene rings is 3. The zero-order valence-electron chi connectivity index (χ0n) is 16.7. The second kappa shape index (κ2) is 13.0. The second-order valence-electron chi connectivity index (χ2n) is 5.38. The van der Waals surface area contributed by atoms with E-state index < -0.39 is 0 Å². The fourth-order valence-corrected chi connectivity index (χ4v) is 2.63. The molecule has 1 atom stereocenters. The van der Waals surface area contributed by atoms with Crippen molar-refractivity contribution in [2.24, 2.45) is 5.73 Å². The summed E-state index contributed by atoms with van der Waals surface area (Å²) in [6.45, 7) is 8.54. The Kier molecular flexibility index (Phi) is 10.9. The molecule has 0 aliphatic rings. The SMILES string of the molecule is CC.CC.NC(c1cccc(Cl)c1)c1cccc(OCc2ccccc2)c1. The average molecular weight is 384 g/mol. The maximum absolute atomic E-state index is 6.35. The van der Waals surface area contributed by atoms with Crippen LogP contribution in [0.1, 0.15) is 50.4 Å². The third-order valence-corrected chi connectivity index (χ3v) is 3.91. The molecule has 144 valence electrons. The molecule has 0 aliphatic heterocycles. The molecule has 0 bridgehead atoms. The minimum atomic E-state index is -0.228. The van der Waals surface area contributed by atoms with E-state index >= 15 is 0 Å². The predicted octanol–water partition coefficient (Wildman–Crippen LogP) is 7.02. The molecule has 3 rings (SSSR count). The molecule has 3 aromatic rings. The van der Waals surface area contributed by atoms with Gasteiger partial charge in [0.2, 0.25) is 0 Å². The Morgan fingerprint density at radius 3 is 2.00 bits per heavy atom. The Bertz CT molecular complexity index is 774. The van der Waals surface area contributed by atoms with Crippen LogP contribution in [0.5, 0.6) is 5.75 Å². The van der Waals surface area contributed by atoms with E-state index in [1.807, 2.05) is 107 Å². The van der Waals surface area contributed by atoms with Crippen molar-refractivity contribution in [1.82, 2.24) is 0 Å². The molecule has 2 nitrogen and oxygen atoms in total. The van der Waals surface area contributed by atoms with E-state index in [0.717, 1.165) is 22.4 Å². The van der Waals surface area contributed by atoms with Crippen LogP contribution < -0.4 is 10.5 Å². The van der Waals surface area contributed by atoms with Gasteiger partial charge in [0.25, 0.3) is 0 Å². The summed E-state index contributed by atoms with van der Waals surface area (Å²) in [7, 11) is 0. The number of halogens is 1.